The molecule has 48 valence electrons. The molecule has 6 nitrogen and oxygen atoms in total. The van der Waals surface area contributed by atoms with E-state index in [0.717, 1.165) is 0 Å². The number of amides is 1. The predicted octanol–water partition coefficient (Wildman–Crippen LogP) is -8.08. The first-order valence-electron chi connectivity index (χ1n) is 1.43. The van der Waals surface area contributed by atoms with E-state index in [1.807, 2.05) is 0 Å². The summed E-state index contributed by atoms with van der Waals surface area (Å²) in [5.41, 5.74) is 4.15. The molecule has 0 fully saturated rings. The molecular formula is CH2NNa2O5P. The predicted molar refractivity (Wildman–Crippen MR) is 18.3 cm³/mol. The van der Waals surface area contributed by atoms with E-state index in [1.165, 1.54) is 0 Å². The fraction of sp³-hybridized carbons (Fsp3) is 0. The Bertz CT molecular complexity index is 143. The van der Waals surface area contributed by atoms with Gasteiger partial charge in [-0.05, 0) is 0 Å². The first-order valence-corrected chi connectivity index (χ1v) is 2.89. The Morgan fingerprint density at radius 2 is 1.70 bits per heavy atom. The number of primary amides is 1. The summed E-state index contributed by atoms with van der Waals surface area (Å²) >= 11 is 0. The van der Waals surface area contributed by atoms with Crippen LogP contribution in [0.1, 0.15) is 0 Å². The maximum atomic E-state index is 9.44. The maximum absolute atomic E-state index is 9.44. The molecule has 0 aromatic heterocycles. The molecule has 9 heteroatoms. The van der Waals surface area contributed by atoms with Crippen LogP contribution in [0.25, 0.3) is 0 Å². The van der Waals surface area contributed by atoms with E-state index in [4.69, 9.17) is 0 Å². The molecule has 0 unspecified atom stereocenters. The van der Waals surface area contributed by atoms with Crippen molar-refractivity contribution in [3.63, 3.8) is 0 Å². The molecule has 0 radical (unpaired) electrons. The molecular weight excluding hydrogens is 183 g/mol. The number of phosphoric ester groups is 1. The van der Waals surface area contributed by atoms with Crippen molar-refractivity contribution in [2.24, 2.45) is 5.73 Å². The molecule has 1 amide bonds. The van der Waals surface area contributed by atoms with Gasteiger partial charge in [0.25, 0.3) is 0 Å². The molecule has 0 aromatic rings. The van der Waals surface area contributed by atoms with Gasteiger partial charge in [0.1, 0.15) is 7.82 Å². The van der Waals surface area contributed by atoms with Gasteiger partial charge in [-0.1, -0.05) is 0 Å². The number of carbonyl (C=O) groups is 1. The molecule has 0 aromatic carbocycles. The van der Waals surface area contributed by atoms with E-state index in [9.17, 15) is 19.1 Å². The van der Waals surface area contributed by atoms with Gasteiger partial charge in [0.2, 0.25) is 0 Å². The van der Waals surface area contributed by atoms with Crippen molar-refractivity contribution in [3.8, 4) is 0 Å². The minimum atomic E-state index is -5.20. The Balaban J connectivity index is -0.000000245. The Morgan fingerprint density at radius 1 is 1.40 bits per heavy atom. The van der Waals surface area contributed by atoms with E-state index in [1.54, 1.807) is 0 Å². The topological polar surface area (TPSA) is 116 Å². The first kappa shape index (κ1) is 17.5. The van der Waals surface area contributed by atoms with Crippen LogP contribution in [0.2, 0.25) is 0 Å². The fourth-order valence-electron chi connectivity index (χ4n) is 0.110. The van der Waals surface area contributed by atoms with Crippen LogP contribution in [0.4, 0.5) is 4.79 Å². The molecule has 2 N–H and O–H groups in total. The van der Waals surface area contributed by atoms with Gasteiger partial charge in [0.05, 0.1) is 0 Å². The Morgan fingerprint density at radius 3 is 1.70 bits per heavy atom. The summed E-state index contributed by atoms with van der Waals surface area (Å²) in [5, 5.41) is 0. The van der Waals surface area contributed by atoms with E-state index in [-0.39, 0.29) is 59.1 Å². The van der Waals surface area contributed by atoms with E-state index in [2.05, 4.69) is 10.3 Å². The zero-order valence-corrected chi connectivity index (χ0v) is 10.5. The second-order valence-electron chi connectivity index (χ2n) is 0.858. The largest absolute Gasteiger partial charge is 1.00 e. The van der Waals surface area contributed by atoms with Crippen LogP contribution in [0.3, 0.4) is 0 Å². The summed E-state index contributed by atoms with van der Waals surface area (Å²) in [6, 6.07) is 0. The minimum Gasteiger partial charge on any atom is -0.780 e. The molecule has 10 heavy (non-hydrogen) atoms. The average molecular weight is 185 g/mol. The first-order chi connectivity index (χ1) is 3.42. The molecule has 0 saturated carbocycles. The van der Waals surface area contributed by atoms with Gasteiger partial charge in [0.15, 0.2) is 0 Å². The molecule has 0 aliphatic carbocycles. The van der Waals surface area contributed by atoms with E-state index in [0.29, 0.717) is 0 Å². The quantitative estimate of drug-likeness (QED) is 0.321. The second kappa shape index (κ2) is 7.09. The summed E-state index contributed by atoms with van der Waals surface area (Å²) < 4.78 is 12.4. The molecule has 0 bridgehead atoms. The molecule has 0 saturated heterocycles. The van der Waals surface area contributed by atoms with E-state index < -0.39 is 13.9 Å². The second-order valence-corrected chi connectivity index (χ2v) is 1.93. The van der Waals surface area contributed by atoms with Crippen molar-refractivity contribution in [2.75, 3.05) is 0 Å². The monoisotopic (exact) mass is 185 g/mol. The van der Waals surface area contributed by atoms with Gasteiger partial charge < -0.3 is 24.6 Å². The van der Waals surface area contributed by atoms with E-state index >= 15 is 0 Å². The number of hydrogen-bond acceptors (Lipinski definition) is 5. The SMILES string of the molecule is NC(=O)OP(=O)([O-])[O-].[Na+].[Na+]. The van der Waals surface area contributed by atoms with Gasteiger partial charge in [-0.15, -0.1) is 0 Å². The molecule has 0 rings (SSSR count). The van der Waals surface area contributed by atoms with Crippen LogP contribution in [0.15, 0.2) is 0 Å². The van der Waals surface area contributed by atoms with Crippen molar-refractivity contribution in [2.45, 2.75) is 0 Å². The number of carbonyl (C=O) groups excluding carboxylic acids is 1. The van der Waals surface area contributed by atoms with Crippen molar-refractivity contribution in [3.05, 3.63) is 0 Å². The standard InChI is InChI=1S/CH4NO5P.2Na/c2-1(3)7-8(4,5)6;;/h(H2,2,3)(H2,4,5,6);;/q;2*+1/p-2. The Hall–Kier alpha value is 1.42. The number of nitrogens with two attached hydrogens (primary N) is 1. The van der Waals surface area contributed by atoms with Crippen LogP contribution in [0.5, 0.6) is 0 Å². The molecule has 0 spiro atoms. The van der Waals surface area contributed by atoms with Gasteiger partial charge in [-0.3, -0.25) is 0 Å². The van der Waals surface area contributed by atoms with Crippen molar-refractivity contribution >= 4 is 13.9 Å². The zero-order valence-electron chi connectivity index (χ0n) is 5.57. The van der Waals surface area contributed by atoms with Crippen LogP contribution in [0, 0.1) is 0 Å². The van der Waals surface area contributed by atoms with Crippen molar-refractivity contribution in [1.82, 2.24) is 0 Å². The van der Waals surface area contributed by atoms with Crippen molar-refractivity contribution in [1.29, 1.82) is 0 Å². The number of rotatable bonds is 1. The Kier molecular flexibility index (Phi) is 12.4. The summed E-state index contributed by atoms with van der Waals surface area (Å²) in [4.78, 5) is 28.2. The third-order valence-corrected chi connectivity index (χ3v) is 0.605. The molecule has 0 atom stereocenters. The summed E-state index contributed by atoms with van der Waals surface area (Å²) in [6.45, 7) is 0. The van der Waals surface area contributed by atoms with Gasteiger partial charge in [-0.2, -0.15) is 0 Å². The minimum absolute atomic E-state index is 0. The van der Waals surface area contributed by atoms with Gasteiger partial charge in [-0.25, -0.2) is 4.79 Å². The van der Waals surface area contributed by atoms with Crippen LogP contribution < -0.4 is 74.6 Å². The normalized spacial score (nSPS) is 8.60. The van der Waals surface area contributed by atoms with Crippen LogP contribution in [-0.2, 0) is 9.09 Å². The third kappa shape index (κ3) is 16.2. The van der Waals surface area contributed by atoms with Crippen LogP contribution >= 0.6 is 7.82 Å². The summed E-state index contributed by atoms with van der Waals surface area (Å²) in [7, 11) is -5.20. The molecule has 0 aliphatic heterocycles. The number of phosphoric acid groups is 1. The Labute approximate surface area is 101 Å². The zero-order chi connectivity index (χ0) is 6.78. The van der Waals surface area contributed by atoms with Gasteiger partial charge in [0, 0.05) is 0 Å². The van der Waals surface area contributed by atoms with Gasteiger partial charge >= 0.3 is 65.2 Å². The molecule has 0 aliphatic rings. The third-order valence-electron chi connectivity index (χ3n) is 0.202. The maximum Gasteiger partial charge on any atom is 1.00 e. The summed E-state index contributed by atoms with van der Waals surface area (Å²) in [6.07, 6.45) is -1.61. The summed E-state index contributed by atoms with van der Waals surface area (Å²) in [5.74, 6) is 0. The average Bonchev–Trinajstić information content (AvgIpc) is 1.21. The number of hydrogen-bond donors (Lipinski definition) is 1. The fourth-order valence-corrected chi connectivity index (χ4v) is 0.331. The van der Waals surface area contributed by atoms with Crippen LogP contribution in [-0.4, -0.2) is 6.09 Å². The molecule has 0 heterocycles. The van der Waals surface area contributed by atoms with Crippen molar-refractivity contribution < 1.29 is 82.8 Å². The smallest absolute Gasteiger partial charge is 0.780 e.